The fourth-order valence-corrected chi connectivity index (χ4v) is 3.83. The molecule has 3 aromatic rings. The van der Waals surface area contributed by atoms with Crippen LogP contribution in [-0.4, -0.2) is 25.0 Å². The van der Waals surface area contributed by atoms with Gasteiger partial charge in [0.2, 0.25) is 0 Å². The highest BCUT2D eigenvalue weighted by atomic mass is 35.5. The molecule has 7 nitrogen and oxygen atoms in total. The van der Waals surface area contributed by atoms with Crippen LogP contribution in [0, 0.1) is 5.82 Å². The van der Waals surface area contributed by atoms with Crippen LogP contribution in [0.2, 0.25) is 10.0 Å². The van der Waals surface area contributed by atoms with E-state index in [-0.39, 0.29) is 40.2 Å². The van der Waals surface area contributed by atoms with Crippen molar-refractivity contribution in [2.45, 2.75) is 6.61 Å². The number of anilines is 1. The van der Waals surface area contributed by atoms with E-state index in [1.165, 1.54) is 49.6 Å². The van der Waals surface area contributed by atoms with Crippen LogP contribution < -0.4 is 19.7 Å². The highest BCUT2D eigenvalue weighted by molar-refractivity contribution is 6.39. The third kappa shape index (κ3) is 5.29. The lowest BCUT2D eigenvalue weighted by molar-refractivity contribution is -0.122. The molecule has 1 aliphatic heterocycles. The number of barbiturate groups is 1. The molecule has 35 heavy (non-hydrogen) atoms. The highest BCUT2D eigenvalue weighted by Crippen LogP contribution is 2.38. The number of hydrogen-bond donors (Lipinski definition) is 1. The summed E-state index contributed by atoms with van der Waals surface area (Å²) in [6, 6.07) is 14.0. The first-order valence-corrected chi connectivity index (χ1v) is 10.9. The van der Waals surface area contributed by atoms with Gasteiger partial charge in [-0.3, -0.25) is 14.9 Å². The number of imide groups is 2. The summed E-state index contributed by atoms with van der Waals surface area (Å²) < 4.78 is 24.3. The Balaban J connectivity index is 1.64. The van der Waals surface area contributed by atoms with Crippen LogP contribution in [0.5, 0.6) is 11.5 Å². The first-order chi connectivity index (χ1) is 16.8. The fourth-order valence-electron chi connectivity index (χ4n) is 3.37. The number of hydrogen-bond acceptors (Lipinski definition) is 5. The van der Waals surface area contributed by atoms with Crippen molar-refractivity contribution in [1.29, 1.82) is 0 Å². The molecular weight excluding hydrogens is 498 g/mol. The van der Waals surface area contributed by atoms with E-state index in [9.17, 15) is 18.8 Å². The van der Waals surface area contributed by atoms with Gasteiger partial charge in [-0.05, 0) is 59.7 Å². The number of benzene rings is 3. The van der Waals surface area contributed by atoms with E-state index in [1.54, 1.807) is 24.3 Å². The molecule has 4 rings (SSSR count). The van der Waals surface area contributed by atoms with Crippen LogP contribution in [0.4, 0.5) is 14.9 Å². The van der Waals surface area contributed by atoms with Crippen molar-refractivity contribution in [1.82, 2.24) is 5.32 Å². The number of nitrogens with one attached hydrogen (secondary N) is 1. The third-order valence-electron chi connectivity index (χ3n) is 5.03. The maximum Gasteiger partial charge on any atom is 0.335 e. The van der Waals surface area contributed by atoms with Crippen molar-refractivity contribution >= 4 is 52.8 Å². The minimum atomic E-state index is -0.889. The van der Waals surface area contributed by atoms with Crippen molar-refractivity contribution in [3.8, 4) is 11.5 Å². The van der Waals surface area contributed by atoms with E-state index in [0.29, 0.717) is 16.1 Å². The lowest BCUT2D eigenvalue weighted by Crippen LogP contribution is -2.54. The van der Waals surface area contributed by atoms with Crippen LogP contribution in [0.3, 0.4) is 0 Å². The molecule has 0 atom stereocenters. The Morgan fingerprint density at radius 3 is 2.46 bits per heavy atom. The van der Waals surface area contributed by atoms with Gasteiger partial charge in [0.15, 0.2) is 11.5 Å². The van der Waals surface area contributed by atoms with Crippen LogP contribution in [0.25, 0.3) is 6.08 Å². The standard InChI is InChI=1S/C25H17Cl2FN2O5/c1-34-21-11-15(10-20(27)22(21)35-13-14-5-7-17(28)8-6-14)9-19-23(31)29-25(33)30(24(19)32)18-4-2-3-16(26)12-18/h2-12H,13H2,1H3,(H,29,31,33)/b19-9+. The van der Waals surface area contributed by atoms with E-state index in [1.807, 2.05) is 0 Å². The summed E-state index contributed by atoms with van der Waals surface area (Å²) in [5.41, 5.74) is 0.993. The zero-order valence-corrected chi connectivity index (χ0v) is 19.7. The molecule has 0 unspecified atom stereocenters. The third-order valence-corrected chi connectivity index (χ3v) is 5.54. The maximum absolute atomic E-state index is 13.1. The number of urea groups is 1. The Morgan fingerprint density at radius 2 is 1.77 bits per heavy atom. The summed E-state index contributed by atoms with van der Waals surface area (Å²) in [6.45, 7) is 0.106. The molecule has 178 valence electrons. The van der Waals surface area contributed by atoms with Gasteiger partial charge in [0.1, 0.15) is 18.0 Å². The summed E-state index contributed by atoms with van der Waals surface area (Å²) >= 11 is 12.4. The first-order valence-electron chi connectivity index (χ1n) is 10.2. The molecule has 0 aliphatic carbocycles. The Labute approximate surface area is 209 Å². The van der Waals surface area contributed by atoms with Crippen molar-refractivity contribution in [3.63, 3.8) is 0 Å². The summed E-state index contributed by atoms with van der Waals surface area (Å²) in [7, 11) is 1.41. The number of halogens is 3. The van der Waals surface area contributed by atoms with Crippen LogP contribution in [0.15, 0.2) is 66.2 Å². The summed E-state index contributed by atoms with van der Waals surface area (Å²) in [4.78, 5) is 38.7. The zero-order chi connectivity index (χ0) is 25.1. The predicted molar refractivity (Wildman–Crippen MR) is 129 cm³/mol. The maximum atomic E-state index is 13.1. The van der Waals surface area contributed by atoms with Gasteiger partial charge >= 0.3 is 6.03 Å². The number of amides is 4. The van der Waals surface area contributed by atoms with Crippen molar-refractivity contribution in [2.24, 2.45) is 0 Å². The molecule has 1 heterocycles. The number of rotatable bonds is 6. The van der Waals surface area contributed by atoms with Crippen molar-refractivity contribution < 1.29 is 28.2 Å². The van der Waals surface area contributed by atoms with Gasteiger partial charge in [0.05, 0.1) is 17.8 Å². The Bertz CT molecular complexity index is 1360. The average molecular weight is 515 g/mol. The molecule has 10 heteroatoms. The zero-order valence-electron chi connectivity index (χ0n) is 18.2. The Morgan fingerprint density at radius 1 is 1.03 bits per heavy atom. The number of nitrogens with zero attached hydrogens (tertiary/aromatic N) is 1. The molecule has 0 spiro atoms. The summed E-state index contributed by atoms with van der Waals surface area (Å²) in [6.07, 6.45) is 1.29. The van der Waals surface area contributed by atoms with Gasteiger partial charge in [0, 0.05) is 5.02 Å². The minimum Gasteiger partial charge on any atom is -0.493 e. The van der Waals surface area contributed by atoms with E-state index < -0.39 is 17.8 Å². The van der Waals surface area contributed by atoms with Gasteiger partial charge in [0.25, 0.3) is 11.8 Å². The largest absolute Gasteiger partial charge is 0.493 e. The summed E-state index contributed by atoms with van der Waals surface area (Å²) in [5, 5.41) is 2.62. The van der Waals surface area contributed by atoms with E-state index >= 15 is 0 Å². The molecular formula is C25H17Cl2FN2O5. The molecule has 0 bridgehead atoms. The molecule has 0 radical (unpaired) electrons. The first kappa shape index (κ1) is 24.3. The van der Waals surface area contributed by atoms with Crippen molar-refractivity contribution in [2.75, 3.05) is 12.0 Å². The van der Waals surface area contributed by atoms with Gasteiger partial charge in [-0.2, -0.15) is 0 Å². The smallest absolute Gasteiger partial charge is 0.335 e. The lowest BCUT2D eigenvalue weighted by atomic mass is 10.1. The molecule has 1 aliphatic rings. The van der Waals surface area contributed by atoms with Gasteiger partial charge in [-0.1, -0.05) is 41.4 Å². The average Bonchev–Trinajstić information content (AvgIpc) is 2.82. The fraction of sp³-hybridized carbons (Fsp3) is 0.0800. The molecule has 1 fully saturated rings. The SMILES string of the molecule is COc1cc(/C=C2\C(=O)NC(=O)N(c3cccc(Cl)c3)C2=O)cc(Cl)c1OCc1ccc(F)cc1. The summed E-state index contributed by atoms with van der Waals surface area (Å²) in [5.74, 6) is -1.56. The second-order valence-electron chi connectivity index (χ2n) is 7.39. The minimum absolute atomic E-state index is 0.106. The van der Waals surface area contributed by atoms with Crippen molar-refractivity contribution in [3.05, 3.63) is 93.2 Å². The van der Waals surface area contributed by atoms with E-state index in [0.717, 1.165) is 4.90 Å². The second-order valence-corrected chi connectivity index (χ2v) is 8.23. The molecule has 3 aromatic carbocycles. The molecule has 0 saturated carbocycles. The molecule has 0 aromatic heterocycles. The number of carbonyl (C=O) groups is 3. The van der Waals surface area contributed by atoms with Crippen LogP contribution in [-0.2, 0) is 16.2 Å². The molecule has 1 N–H and O–H groups in total. The Kier molecular flexibility index (Phi) is 7.04. The van der Waals surface area contributed by atoms with Gasteiger partial charge in [-0.15, -0.1) is 0 Å². The number of methoxy groups -OCH3 is 1. The number of carbonyl (C=O) groups excluding carboxylic acids is 3. The second kappa shape index (κ2) is 10.2. The molecule has 4 amide bonds. The predicted octanol–water partition coefficient (Wildman–Crippen LogP) is 5.39. The van der Waals surface area contributed by atoms with E-state index in [4.69, 9.17) is 32.7 Å². The quantitative estimate of drug-likeness (QED) is 0.352. The Hall–Kier alpha value is -3.88. The van der Waals surface area contributed by atoms with E-state index in [2.05, 4.69) is 5.32 Å². The monoisotopic (exact) mass is 514 g/mol. The van der Waals surface area contributed by atoms with Crippen LogP contribution in [0.1, 0.15) is 11.1 Å². The van der Waals surface area contributed by atoms with Crippen LogP contribution >= 0.6 is 23.2 Å². The lowest BCUT2D eigenvalue weighted by Gasteiger charge is -2.26. The normalized spacial score (nSPS) is 14.8. The highest BCUT2D eigenvalue weighted by Gasteiger charge is 2.37. The van der Waals surface area contributed by atoms with Gasteiger partial charge < -0.3 is 9.47 Å². The number of ether oxygens (including phenoxy) is 2. The van der Waals surface area contributed by atoms with Gasteiger partial charge in [-0.25, -0.2) is 14.1 Å². The topological polar surface area (TPSA) is 84.9 Å². The molecule has 1 saturated heterocycles.